The average molecular weight is 406 g/mol. The number of anilines is 1. The highest BCUT2D eigenvalue weighted by Crippen LogP contribution is 2.18. The van der Waals surface area contributed by atoms with Crippen LogP contribution in [-0.2, 0) is 22.7 Å². The summed E-state index contributed by atoms with van der Waals surface area (Å²) in [5.74, 6) is -0.892. The molecule has 152 valence electrons. The van der Waals surface area contributed by atoms with E-state index in [1.54, 1.807) is 29.2 Å². The summed E-state index contributed by atoms with van der Waals surface area (Å²) in [5.41, 5.74) is 2.51. The van der Waals surface area contributed by atoms with Crippen LogP contribution in [0, 0.1) is 5.82 Å². The minimum absolute atomic E-state index is 0.178. The highest BCUT2D eigenvalue weighted by molar-refractivity contribution is 6.43. The van der Waals surface area contributed by atoms with Crippen LogP contribution < -0.4 is 5.32 Å². The van der Waals surface area contributed by atoms with Crippen LogP contribution in [-0.4, -0.2) is 37.3 Å². The van der Waals surface area contributed by atoms with Gasteiger partial charge in [-0.2, -0.15) is 10.2 Å². The van der Waals surface area contributed by atoms with E-state index in [2.05, 4.69) is 20.5 Å². The second kappa shape index (κ2) is 8.64. The summed E-state index contributed by atoms with van der Waals surface area (Å²) < 4.78 is 14.8. The number of hydrogen-bond donors (Lipinski definition) is 1. The molecule has 2 aromatic carbocycles. The number of para-hydroxylation sites is 1. The van der Waals surface area contributed by atoms with Crippen molar-refractivity contribution in [2.45, 2.75) is 25.9 Å². The number of hydrogen-bond acceptors (Lipinski definition) is 5. The summed E-state index contributed by atoms with van der Waals surface area (Å²) in [4.78, 5) is 29.0. The molecule has 0 fully saturated rings. The summed E-state index contributed by atoms with van der Waals surface area (Å²) in [6.45, 7) is 0.636. The molecule has 1 N–H and O–H groups in total. The second-order valence-corrected chi connectivity index (χ2v) is 6.83. The van der Waals surface area contributed by atoms with E-state index < -0.39 is 0 Å². The standard InChI is InChI=1S/C21H19FN6O2/c22-17-7-5-15(6-8-17)11-28-20(29)10-9-19(26-28)21(30)25-18-4-2-1-3-16(18)12-27-14-23-13-24-27/h1-8,13-14H,9-12H2,(H,25,30). The zero-order chi connectivity index (χ0) is 20.9. The summed E-state index contributed by atoms with van der Waals surface area (Å²) in [7, 11) is 0. The summed E-state index contributed by atoms with van der Waals surface area (Å²) in [6.07, 6.45) is 3.50. The van der Waals surface area contributed by atoms with Gasteiger partial charge in [0.1, 0.15) is 24.2 Å². The van der Waals surface area contributed by atoms with Crippen molar-refractivity contribution in [1.29, 1.82) is 0 Å². The van der Waals surface area contributed by atoms with Crippen molar-refractivity contribution >= 4 is 23.2 Å². The lowest BCUT2D eigenvalue weighted by atomic mass is 10.1. The van der Waals surface area contributed by atoms with Crippen LogP contribution in [0.3, 0.4) is 0 Å². The molecule has 0 bridgehead atoms. The smallest absolute Gasteiger partial charge is 0.271 e. The Morgan fingerprint density at radius 1 is 1.07 bits per heavy atom. The summed E-state index contributed by atoms with van der Waals surface area (Å²) in [6, 6.07) is 13.2. The van der Waals surface area contributed by atoms with Gasteiger partial charge in [-0.1, -0.05) is 30.3 Å². The fourth-order valence-electron chi connectivity index (χ4n) is 3.11. The Morgan fingerprint density at radius 2 is 1.87 bits per heavy atom. The molecule has 3 aromatic rings. The van der Waals surface area contributed by atoms with Gasteiger partial charge >= 0.3 is 0 Å². The number of aromatic nitrogens is 3. The topological polar surface area (TPSA) is 92.5 Å². The van der Waals surface area contributed by atoms with Crippen molar-refractivity contribution < 1.29 is 14.0 Å². The zero-order valence-electron chi connectivity index (χ0n) is 16.0. The molecule has 0 saturated heterocycles. The molecule has 2 heterocycles. The molecule has 0 unspecified atom stereocenters. The molecule has 0 spiro atoms. The van der Waals surface area contributed by atoms with E-state index in [4.69, 9.17) is 0 Å². The van der Waals surface area contributed by atoms with Gasteiger partial charge in [-0.25, -0.2) is 19.1 Å². The van der Waals surface area contributed by atoms with Crippen molar-refractivity contribution in [1.82, 2.24) is 19.8 Å². The molecule has 2 amide bonds. The average Bonchev–Trinajstić information content (AvgIpc) is 3.26. The Kier molecular flexibility index (Phi) is 5.60. The number of nitrogens with zero attached hydrogens (tertiary/aromatic N) is 5. The number of nitrogens with one attached hydrogen (secondary N) is 1. The lowest BCUT2D eigenvalue weighted by molar-refractivity contribution is -0.132. The highest BCUT2D eigenvalue weighted by Gasteiger charge is 2.25. The first kappa shape index (κ1) is 19.4. The predicted octanol–water partition coefficient (Wildman–Crippen LogP) is 2.58. The maximum Gasteiger partial charge on any atom is 0.271 e. The normalized spacial score (nSPS) is 13.8. The van der Waals surface area contributed by atoms with E-state index in [9.17, 15) is 14.0 Å². The molecular formula is C21H19FN6O2. The van der Waals surface area contributed by atoms with Crippen molar-refractivity contribution in [3.05, 3.63) is 78.1 Å². The fourth-order valence-corrected chi connectivity index (χ4v) is 3.11. The number of amides is 2. The van der Waals surface area contributed by atoms with E-state index in [1.165, 1.54) is 23.5 Å². The Hall–Kier alpha value is -3.88. The van der Waals surface area contributed by atoms with Gasteiger partial charge in [-0.15, -0.1) is 0 Å². The molecule has 4 rings (SSSR count). The third-order valence-corrected chi connectivity index (χ3v) is 4.68. The first-order valence-electron chi connectivity index (χ1n) is 9.42. The molecule has 1 aromatic heterocycles. The molecule has 0 saturated carbocycles. The maximum absolute atomic E-state index is 13.1. The molecule has 0 radical (unpaired) electrons. The largest absolute Gasteiger partial charge is 0.321 e. The van der Waals surface area contributed by atoms with Crippen molar-refractivity contribution in [3.8, 4) is 0 Å². The minimum atomic E-state index is -0.363. The first-order valence-corrected chi connectivity index (χ1v) is 9.42. The minimum Gasteiger partial charge on any atom is -0.321 e. The lowest BCUT2D eigenvalue weighted by Crippen LogP contribution is -2.36. The van der Waals surface area contributed by atoms with Gasteiger partial charge < -0.3 is 5.32 Å². The number of rotatable bonds is 6. The van der Waals surface area contributed by atoms with E-state index in [1.807, 2.05) is 18.2 Å². The van der Waals surface area contributed by atoms with Crippen LogP contribution in [0.4, 0.5) is 10.1 Å². The lowest BCUT2D eigenvalue weighted by Gasteiger charge is -2.23. The second-order valence-electron chi connectivity index (χ2n) is 6.83. The third kappa shape index (κ3) is 4.57. The molecule has 30 heavy (non-hydrogen) atoms. The van der Waals surface area contributed by atoms with Gasteiger partial charge in [0.05, 0.1) is 13.1 Å². The Bertz CT molecular complexity index is 1080. The number of carbonyl (C=O) groups is 2. The van der Waals surface area contributed by atoms with Gasteiger partial charge in [0.25, 0.3) is 5.91 Å². The van der Waals surface area contributed by atoms with Crippen LogP contribution in [0.5, 0.6) is 0 Å². The molecular weight excluding hydrogens is 387 g/mol. The number of carbonyl (C=O) groups excluding carboxylic acids is 2. The summed E-state index contributed by atoms with van der Waals surface area (Å²) >= 11 is 0. The first-order chi connectivity index (χ1) is 14.6. The van der Waals surface area contributed by atoms with E-state index in [-0.39, 0.29) is 42.7 Å². The summed E-state index contributed by atoms with van der Waals surface area (Å²) in [5, 5.41) is 12.5. The maximum atomic E-state index is 13.1. The Morgan fingerprint density at radius 3 is 2.63 bits per heavy atom. The van der Waals surface area contributed by atoms with Gasteiger partial charge in [0.2, 0.25) is 5.91 Å². The van der Waals surface area contributed by atoms with E-state index >= 15 is 0 Å². The van der Waals surface area contributed by atoms with Crippen LogP contribution in [0.15, 0.2) is 66.3 Å². The van der Waals surface area contributed by atoms with Crippen LogP contribution in [0.25, 0.3) is 0 Å². The number of benzene rings is 2. The fraction of sp³-hybridized carbons (Fsp3) is 0.190. The quantitative estimate of drug-likeness (QED) is 0.681. The predicted molar refractivity (Wildman–Crippen MR) is 108 cm³/mol. The Labute approximate surface area is 172 Å². The van der Waals surface area contributed by atoms with Crippen LogP contribution in [0.1, 0.15) is 24.0 Å². The van der Waals surface area contributed by atoms with E-state index in [0.717, 1.165) is 11.1 Å². The highest BCUT2D eigenvalue weighted by atomic mass is 19.1. The number of hydrazone groups is 1. The van der Waals surface area contributed by atoms with Crippen molar-refractivity contribution in [2.75, 3.05) is 5.32 Å². The third-order valence-electron chi connectivity index (χ3n) is 4.68. The molecule has 8 nitrogen and oxygen atoms in total. The monoisotopic (exact) mass is 406 g/mol. The van der Waals surface area contributed by atoms with Crippen molar-refractivity contribution in [3.63, 3.8) is 0 Å². The molecule has 9 heteroatoms. The SMILES string of the molecule is O=C(Nc1ccccc1Cn1cncn1)C1=NN(Cc2ccc(F)cc2)C(=O)CC1. The van der Waals surface area contributed by atoms with Crippen molar-refractivity contribution in [2.24, 2.45) is 5.10 Å². The zero-order valence-corrected chi connectivity index (χ0v) is 16.0. The molecule has 1 aliphatic rings. The number of halogens is 1. The van der Waals surface area contributed by atoms with Gasteiger partial charge in [-0.3, -0.25) is 9.59 Å². The molecule has 0 atom stereocenters. The van der Waals surface area contributed by atoms with Gasteiger partial charge in [0.15, 0.2) is 0 Å². The van der Waals surface area contributed by atoms with Gasteiger partial charge in [-0.05, 0) is 29.3 Å². The van der Waals surface area contributed by atoms with Gasteiger partial charge in [0, 0.05) is 18.5 Å². The van der Waals surface area contributed by atoms with Crippen LogP contribution in [0.2, 0.25) is 0 Å². The van der Waals surface area contributed by atoms with E-state index in [0.29, 0.717) is 12.2 Å². The van der Waals surface area contributed by atoms with Crippen LogP contribution >= 0.6 is 0 Å². The Balaban J connectivity index is 1.49. The molecule has 0 aliphatic carbocycles. The molecule has 1 aliphatic heterocycles.